The molecule has 2 heterocycles. The van der Waals surface area contributed by atoms with Crippen LogP contribution in [0, 0.1) is 5.92 Å². The van der Waals surface area contributed by atoms with Gasteiger partial charge in [-0.3, -0.25) is 14.4 Å². The summed E-state index contributed by atoms with van der Waals surface area (Å²) >= 11 is 1.57. The number of carbonyl (C=O) groups is 2. The van der Waals surface area contributed by atoms with E-state index in [1.165, 1.54) is 11.8 Å². The molecule has 1 aliphatic rings. The second-order valence-electron chi connectivity index (χ2n) is 6.67. The Balaban J connectivity index is 1.76. The van der Waals surface area contributed by atoms with Crippen LogP contribution in [0.1, 0.15) is 43.0 Å². The summed E-state index contributed by atoms with van der Waals surface area (Å²) in [5.41, 5.74) is 0.984. The number of thiophene rings is 1. The lowest BCUT2D eigenvalue weighted by Gasteiger charge is -2.17. The standard InChI is InChI=1S/C17H21N3O4S/c1-8-3-4-10-11(7-8)25-16-14(10)15(22)19-12(20-16)5-6-13(21)18-9(2)17(23)24/h8-9H,3-7H2,1-2H3,(H,18,21)(H,23,24)(H,19,20,22). The molecule has 2 aromatic heterocycles. The quantitative estimate of drug-likeness (QED) is 0.747. The fraction of sp³-hybridized carbons (Fsp3) is 0.529. The minimum absolute atomic E-state index is 0.0776. The molecule has 0 aromatic carbocycles. The molecule has 0 radical (unpaired) electrons. The summed E-state index contributed by atoms with van der Waals surface area (Å²) in [7, 11) is 0. The first-order valence-electron chi connectivity index (χ1n) is 8.40. The monoisotopic (exact) mass is 363 g/mol. The molecule has 0 bridgehead atoms. The maximum Gasteiger partial charge on any atom is 0.325 e. The lowest BCUT2D eigenvalue weighted by Crippen LogP contribution is -2.38. The number of rotatable bonds is 5. The first-order valence-corrected chi connectivity index (χ1v) is 9.22. The Morgan fingerprint density at radius 2 is 2.24 bits per heavy atom. The Bertz CT molecular complexity index is 886. The summed E-state index contributed by atoms with van der Waals surface area (Å²) in [5.74, 6) is -0.377. The molecule has 0 aliphatic heterocycles. The lowest BCUT2D eigenvalue weighted by molar-refractivity contribution is -0.141. The van der Waals surface area contributed by atoms with Crippen molar-refractivity contribution >= 4 is 33.4 Å². The van der Waals surface area contributed by atoms with Gasteiger partial charge in [-0.15, -0.1) is 11.3 Å². The Hall–Kier alpha value is -2.22. The molecule has 134 valence electrons. The van der Waals surface area contributed by atoms with Crippen LogP contribution in [0.5, 0.6) is 0 Å². The van der Waals surface area contributed by atoms with Crippen LogP contribution in [0.15, 0.2) is 4.79 Å². The van der Waals surface area contributed by atoms with Gasteiger partial charge in [-0.25, -0.2) is 4.98 Å². The number of H-pyrrole nitrogens is 1. The normalized spacial score (nSPS) is 17.9. The second kappa shape index (κ2) is 6.95. The van der Waals surface area contributed by atoms with Crippen molar-refractivity contribution in [3.63, 3.8) is 0 Å². The molecule has 3 N–H and O–H groups in total. The van der Waals surface area contributed by atoms with Gasteiger partial charge in [0.1, 0.15) is 16.7 Å². The van der Waals surface area contributed by atoms with Crippen LogP contribution >= 0.6 is 11.3 Å². The third-order valence-electron chi connectivity index (χ3n) is 4.55. The minimum atomic E-state index is -1.08. The molecule has 2 atom stereocenters. The van der Waals surface area contributed by atoms with Gasteiger partial charge in [0.25, 0.3) is 5.56 Å². The van der Waals surface area contributed by atoms with Crippen molar-refractivity contribution in [3.8, 4) is 0 Å². The number of carbonyl (C=O) groups excluding carboxylic acids is 1. The van der Waals surface area contributed by atoms with Crippen LogP contribution in [-0.2, 0) is 28.9 Å². The number of amides is 1. The van der Waals surface area contributed by atoms with Gasteiger partial charge in [0.15, 0.2) is 0 Å². The first-order chi connectivity index (χ1) is 11.8. The van der Waals surface area contributed by atoms with E-state index in [0.29, 0.717) is 17.1 Å². The Morgan fingerprint density at radius 3 is 2.96 bits per heavy atom. The number of aromatic nitrogens is 2. The average molecular weight is 363 g/mol. The van der Waals surface area contributed by atoms with Gasteiger partial charge in [0, 0.05) is 17.7 Å². The van der Waals surface area contributed by atoms with Gasteiger partial charge in [-0.1, -0.05) is 6.92 Å². The maximum atomic E-state index is 12.5. The van der Waals surface area contributed by atoms with E-state index < -0.39 is 12.0 Å². The molecule has 2 aromatic rings. The predicted octanol–water partition coefficient (Wildman–Crippen LogP) is 1.63. The molecule has 8 heteroatoms. The fourth-order valence-electron chi connectivity index (χ4n) is 3.12. The van der Waals surface area contributed by atoms with Crippen molar-refractivity contribution in [3.05, 3.63) is 26.6 Å². The molecule has 0 saturated carbocycles. The number of aryl methyl sites for hydroxylation is 2. The Morgan fingerprint density at radius 1 is 1.48 bits per heavy atom. The van der Waals surface area contributed by atoms with Crippen molar-refractivity contribution in [2.45, 2.75) is 52.0 Å². The highest BCUT2D eigenvalue weighted by molar-refractivity contribution is 7.18. The number of fused-ring (bicyclic) bond motifs is 3. The third-order valence-corrected chi connectivity index (χ3v) is 5.70. The molecule has 3 rings (SSSR count). The number of nitrogens with one attached hydrogen (secondary N) is 2. The van der Waals surface area contributed by atoms with Crippen LogP contribution in [0.25, 0.3) is 10.2 Å². The molecule has 1 aliphatic carbocycles. The number of nitrogens with zero attached hydrogens (tertiary/aromatic N) is 1. The van der Waals surface area contributed by atoms with Crippen LogP contribution < -0.4 is 10.9 Å². The largest absolute Gasteiger partial charge is 0.480 e. The summed E-state index contributed by atoms with van der Waals surface area (Å²) in [6.07, 6.45) is 3.33. The Kier molecular flexibility index (Phi) is 4.89. The third kappa shape index (κ3) is 3.73. The number of carboxylic acids is 1. The molecule has 2 unspecified atom stereocenters. The number of aromatic amines is 1. The van der Waals surface area contributed by atoms with E-state index in [9.17, 15) is 14.4 Å². The van der Waals surface area contributed by atoms with Gasteiger partial charge < -0.3 is 15.4 Å². The molecule has 0 spiro atoms. The topological polar surface area (TPSA) is 112 Å². The van der Waals surface area contributed by atoms with E-state index in [0.717, 1.165) is 29.7 Å². The summed E-state index contributed by atoms with van der Waals surface area (Å²) in [5, 5.41) is 11.9. The van der Waals surface area contributed by atoms with Gasteiger partial charge in [0.05, 0.1) is 5.39 Å². The zero-order valence-corrected chi connectivity index (χ0v) is 15.0. The zero-order chi connectivity index (χ0) is 18.1. The highest BCUT2D eigenvalue weighted by Crippen LogP contribution is 2.35. The smallest absolute Gasteiger partial charge is 0.325 e. The van der Waals surface area contributed by atoms with Crippen molar-refractivity contribution < 1.29 is 14.7 Å². The van der Waals surface area contributed by atoms with Crippen LogP contribution in [0.2, 0.25) is 0 Å². The van der Waals surface area contributed by atoms with E-state index in [-0.39, 0.29) is 24.3 Å². The summed E-state index contributed by atoms with van der Waals surface area (Å²) in [6, 6.07) is -0.937. The van der Waals surface area contributed by atoms with E-state index in [1.54, 1.807) is 11.3 Å². The number of hydrogen-bond donors (Lipinski definition) is 3. The molecular weight excluding hydrogens is 342 g/mol. The number of aliphatic carboxylic acids is 1. The molecular formula is C17H21N3O4S. The van der Waals surface area contributed by atoms with Crippen molar-refractivity contribution in [1.82, 2.24) is 15.3 Å². The van der Waals surface area contributed by atoms with Gasteiger partial charge in [-0.05, 0) is 37.7 Å². The van der Waals surface area contributed by atoms with Crippen LogP contribution in [-0.4, -0.2) is 33.0 Å². The summed E-state index contributed by atoms with van der Waals surface area (Å²) < 4.78 is 0. The molecule has 1 amide bonds. The van der Waals surface area contributed by atoms with Gasteiger partial charge >= 0.3 is 5.97 Å². The Labute approximate surface area is 148 Å². The summed E-state index contributed by atoms with van der Waals surface area (Å²) in [4.78, 5) is 44.3. The average Bonchev–Trinajstić information content (AvgIpc) is 2.90. The van der Waals surface area contributed by atoms with Crippen molar-refractivity contribution in [2.24, 2.45) is 5.92 Å². The second-order valence-corrected chi connectivity index (χ2v) is 7.76. The van der Waals surface area contributed by atoms with E-state index >= 15 is 0 Å². The lowest BCUT2D eigenvalue weighted by atomic mass is 9.89. The molecule has 7 nitrogen and oxygen atoms in total. The number of carboxylic acid groups (broad SMARTS) is 1. The van der Waals surface area contributed by atoms with Gasteiger partial charge in [-0.2, -0.15) is 0 Å². The highest BCUT2D eigenvalue weighted by atomic mass is 32.1. The molecule has 0 fully saturated rings. The van der Waals surface area contributed by atoms with Crippen molar-refractivity contribution in [1.29, 1.82) is 0 Å². The van der Waals surface area contributed by atoms with Crippen molar-refractivity contribution in [2.75, 3.05) is 0 Å². The summed E-state index contributed by atoms with van der Waals surface area (Å²) in [6.45, 7) is 3.62. The minimum Gasteiger partial charge on any atom is -0.480 e. The first kappa shape index (κ1) is 17.6. The van der Waals surface area contributed by atoms with Crippen LogP contribution in [0.3, 0.4) is 0 Å². The fourth-order valence-corrected chi connectivity index (χ4v) is 4.52. The maximum absolute atomic E-state index is 12.5. The number of hydrogen-bond acceptors (Lipinski definition) is 5. The SMILES string of the molecule is CC1CCc2c(sc3nc(CCC(=O)NC(C)C(=O)O)[nH]c(=O)c23)C1. The predicted molar refractivity (Wildman–Crippen MR) is 95.0 cm³/mol. The van der Waals surface area contributed by atoms with Crippen LogP contribution in [0.4, 0.5) is 0 Å². The molecule has 0 saturated heterocycles. The highest BCUT2D eigenvalue weighted by Gasteiger charge is 2.23. The zero-order valence-electron chi connectivity index (χ0n) is 14.2. The van der Waals surface area contributed by atoms with E-state index in [1.807, 2.05) is 0 Å². The van der Waals surface area contributed by atoms with E-state index in [4.69, 9.17) is 5.11 Å². The molecule has 25 heavy (non-hydrogen) atoms. The van der Waals surface area contributed by atoms with E-state index in [2.05, 4.69) is 22.2 Å². The van der Waals surface area contributed by atoms with Gasteiger partial charge in [0.2, 0.25) is 5.91 Å².